The first-order chi connectivity index (χ1) is 8.37. The van der Waals surface area contributed by atoms with Crippen molar-refractivity contribution in [3.05, 3.63) is 0 Å². The zero-order valence-electron chi connectivity index (χ0n) is 12.4. The van der Waals surface area contributed by atoms with Crippen LogP contribution in [0.3, 0.4) is 0 Å². The zero-order chi connectivity index (χ0) is 13.6. The molecule has 0 bridgehead atoms. The van der Waals surface area contributed by atoms with Gasteiger partial charge in [0, 0.05) is 5.54 Å². The number of rotatable bonds is 6. The molecule has 0 spiro atoms. The molecule has 1 saturated heterocycles. The van der Waals surface area contributed by atoms with Gasteiger partial charge in [0.25, 0.3) is 0 Å². The smallest absolute Gasteiger partial charge is 0.307 e. The molecule has 0 radical (unpaired) electrons. The number of quaternary nitrogens is 1. The number of carbonyl (C=O) groups is 1. The molecular formula is C14H29N2O2+. The molecule has 1 aliphatic rings. The van der Waals surface area contributed by atoms with Gasteiger partial charge in [-0.2, -0.15) is 0 Å². The van der Waals surface area contributed by atoms with E-state index < -0.39 is 0 Å². The number of likely N-dealkylation sites (tertiary alicyclic amines) is 1. The van der Waals surface area contributed by atoms with E-state index in [9.17, 15) is 4.79 Å². The number of likely N-dealkylation sites (N-methyl/N-ethyl adjacent to an activating group) is 1. The van der Waals surface area contributed by atoms with Crippen molar-refractivity contribution in [2.45, 2.75) is 45.1 Å². The number of carbonyl (C=O) groups excluding carboxylic acids is 1. The lowest BCUT2D eigenvalue weighted by Gasteiger charge is -2.37. The fourth-order valence-electron chi connectivity index (χ4n) is 2.38. The molecule has 0 saturated carbocycles. The summed E-state index contributed by atoms with van der Waals surface area (Å²) in [6.45, 7) is 7.96. The fourth-order valence-corrected chi connectivity index (χ4v) is 2.38. The van der Waals surface area contributed by atoms with Crippen molar-refractivity contribution >= 4 is 5.97 Å². The highest BCUT2D eigenvalue weighted by Gasteiger charge is 2.25. The number of nitrogens with one attached hydrogen (secondary N) is 1. The molecule has 0 atom stereocenters. The van der Waals surface area contributed by atoms with E-state index in [2.05, 4.69) is 12.4 Å². The monoisotopic (exact) mass is 257 g/mol. The van der Waals surface area contributed by atoms with Crippen LogP contribution in [0, 0.1) is 0 Å². The van der Waals surface area contributed by atoms with Crippen molar-refractivity contribution in [1.29, 1.82) is 0 Å². The number of hydrogen-bond donors (Lipinski definition) is 1. The van der Waals surface area contributed by atoms with Crippen LogP contribution in [0.1, 0.15) is 39.5 Å². The molecule has 0 amide bonds. The Kier molecular flexibility index (Phi) is 5.60. The summed E-state index contributed by atoms with van der Waals surface area (Å²) in [6, 6.07) is 0. The summed E-state index contributed by atoms with van der Waals surface area (Å²) in [5.74, 6) is -0.0991. The molecule has 4 heteroatoms. The molecule has 1 fully saturated rings. The van der Waals surface area contributed by atoms with Crippen LogP contribution >= 0.6 is 0 Å². The Morgan fingerprint density at radius 1 is 1.28 bits per heavy atom. The number of ether oxygens (including phenoxy) is 1. The average molecular weight is 257 g/mol. The average Bonchev–Trinajstić information content (AvgIpc) is 2.29. The third-order valence-corrected chi connectivity index (χ3v) is 4.05. The van der Waals surface area contributed by atoms with E-state index in [1.165, 1.54) is 32.4 Å². The highest BCUT2D eigenvalue weighted by atomic mass is 16.5. The number of hydrogen-bond acceptors (Lipinski definition) is 3. The third kappa shape index (κ3) is 5.36. The van der Waals surface area contributed by atoms with Gasteiger partial charge in [0.1, 0.15) is 13.2 Å². The Balaban J connectivity index is 2.22. The molecule has 0 aromatic carbocycles. The minimum absolute atomic E-state index is 0.0991. The van der Waals surface area contributed by atoms with Crippen LogP contribution in [-0.2, 0) is 9.53 Å². The van der Waals surface area contributed by atoms with Crippen LogP contribution in [-0.4, -0.2) is 56.3 Å². The Bertz CT molecular complexity index is 271. The Labute approximate surface area is 111 Å². The van der Waals surface area contributed by atoms with Crippen molar-refractivity contribution in [1.82, 2.24) is 5.32 Å². The Morgan fingerprint density at radius 3 is 2.44 bits per heavy atom. The molecule has 18 heavy (non-hydrogen) atoms. The SMILES string of the molecule is CNC(C)(C)CC(=O)OCC[N+]1(C)CCCCC1. The topological polar surface area (TPSA) is 38.3 Å². The second-order valence-corrected chi connectivity index (χ2v) is 6.38. The van der Waals surface area contributed by atoms with Gasteiger partial charge in [-0.3, -0.25) is 4.79 Å². The van der Waals surface area contributed by atoms with Gasteiger partial charge < -0.3 is 14.5 Å². The van der Waals surface area contributed by atoms with Crippen LogP contribution in [0.15, 0.2) is 0 Å². The van der Waals surface area contributed by atoms with Gasteiger partial charge in [-0.15, -0.1) is 0 Å². The lowest BCUT2D eigenvalue weighted by Crippen LogP contribution is -2.50. The first kappa shape index (κ1) is 15.4. The van der Waals surface area contributed by atoms with Gasteiger partial charge in [-0.1, -0.05) is 0 Å². The maximum absolute atomic E-state index is 11.7. The maximum Gasteiger partial charge on any atom is 0.307 e. The van der Waals surface area contributed by atoms with E-state index in [0.717, 1.165) is 11.0 Å². The van der Waals surface area contributed by atoms with Crippen molar-refractivity contribution in [2.24, 2.45) is 0 Å². The molecule has 0 aromatic rings. The molecule has 1 heterocycles. The summed E-state index contributed by atoms with van der Waals surface area (Å²) in [6.07, 6.45) is 4.38. The normalized spacial score (nSPS) is 19.6. The zero-order valence-corrected chi connectivity index (χ0v) is 12.4. The summed E-state index contributed by atoms with van der Waals surface area (Å²) in [7, 11) is 4.14. The van der Waals surface area contributed by atoms with Gasteiger partial charge in [0.15, 0.2) is 0 Å². The van der Waals surface area contributed by atoms with Gasteiger partial charge in [-0.05, 0) is 40.2 Å². The lowest BCUT2D eigenvalue weighted by atomic mass is 10.0. The minimum Gasteiger partial charge on any atom is -0.460 e. The molecule has 1 N–H and O–H groups in total. The molecule has 0 aromatic heterocycles. The first-order valence-electron chi connectivity index (χ1n) is 7.05. The van der Waals surface area contributed by atoms with Crippen molar-refractivity contribution < 1.29 is 14.0 Å². The highest BCUT2D eigenvalue weighted by molar-refractivity contribution is 5.70. The minimum atomic E-state index is -0.180. The second kappa shape index (κ2) is 6.53. The largest absolute Gasteiger partial charge is 0.460 e. The van der Waals surface area contributed by atoms with Gasteiger partial charge in [0.05, 0.1) is 26.6 Å². The molecule has 1 aliphatic heterocycles. The molecule has 4 nitrogen and oxygen atoms in total. The van der Waals surface area contributed by atoms with Gasteiger partial charge in [0.2, 0.25) is 0 Å². The predicted octanol–water partition coefficient (Wildman–Crippen LogP) is 1.55. The van der Waals surface area contributed by atoms with Crippen LogP contribution in [0.25, 0.3) is 0 Å². The van der Waals surface area contributed by atoms with E-state index in [-0.39, 0.29) is 11.5 Å². The fraction of sp³-hybridized carbons (Fsp3) is 0.929. The van der Waals surface area contributed by atoms with Crippen LogP contribution in [0.5, 0.6) is 0 Å². The molecule has 1 rings (SSSR count). The van der Waals surface area contributed by atoms with E-state index >= 15 is 0 Å². The number of piperidine rings is 1. The summed E-state index contributed by atoms with van der Waals surface area (Å²) in [4.78, 5) is 11.7. The Hall–Kier alpha value is -0.610. The molecular weight excluding hydrogens is 228 g/mol. The standard InChI is InChI=1S/C14H29N2O2/c1-14(2,15-3)12-13(17)18-11-10-16(4)8-6-5-7-9-16/h15H,5-12H2,1-4H3/q+1. The van der Waals surface area contributed by atoms with Gasteiger partial charge >= 0.3 is 5.97 Å². The van der Waals surface area contributed by atoms with Crippen LogP contribution < -0.4 is 5.32 Å². The van der Waals surface area contributed by atoms with Crippen LogP contribution in [0.4, 0.5) is 0 Å². The predicted molar refractivity (Wildman–Crippen MR) is 73.4 cm³/mol. The van der Waals surface area contributed by atoms with Crippen molar-refractivity contribution in [3.8, 4) is 0 Å². The van der Waals surface area contributed by atoms with E-state index in [1.807, 2.05) is 20.9 Å². The van der Waals surface area contributed by atoms with Crippen LogP contribution in [0.2, 0.25) is 0 Å². The Morgan fingerprint density at radius 2 is 1.89 bits per heavy atom. The summed E-state index contributed by atoms with van der Waals surface area (Å²) in [5, 5.41) is 3.11. The van der Waals surface area contributed by atoms with E-state index in [0.29, 0.717) is 13.0 Å². The van der Waals surface area contributed by atoms with Crippen molar-refractivity contribution in [2.75, 3.05) is 40.3 Å². The second-order valence-electron chi connectivity index (χ2n) is 6.38. The quantitative estimate of drug-likeness (QED) is 0.579. The summed E-state index contributed by atoms with van der Waals surface area (Å²) < 4.78 is 6.41. The number of nitrogens with zero attached hydrogens (tertiary/aromatic N) is 1. The molecule has 0 unspecified atom stereocenters. The maximum atomic E-state index is 11.7. The van der Waals surface area contributed by atoms with E-state index in [1.54, 1.807) is 0 Å². The van der Waals surface area contributed by atoms with E-state index in [4.69, 9.17) is 4.74 Å². The first-order valence-corrected chi connectivity index (χ1v) is 7.05. The summed E-state index contributed by atoms with van der Waals surface area (Å²) >= 11 is 0. The molecule has 106 valence electrons. The highest BCUT2D eigenvalue weighted by Crippen LogP contribution is 2.16. The number of esters is 1. The van der Waals surface area contributed by atoms with Gasteiger partial charge in [-0.25, -0.2) is 0 Å². The molecule has 0 aliphatic carbocycles. The third-order valence-electron chi connectivity index (χ3n) is 4.05. The van der Waals surface area contributed by atoms with Crippen molar-refractivity contribution in [3.63, 3.8) is 0 Å². The summed E-state index contributed by atoms with van der Waals surface area (Å²) in [5.41, 5.74) is -0.180. The lowest BCUT2D eigenvalue weighted by molar-refractivity contribution is -0.914.